The minimum absolute atomic E-state index is 0.0972. The zero-order chi connectivity index (χ0) is 10.0. The van der Waals surface area contributed by atoms with Crippen LogP contribution in [-0.2, 0) is 9.59 Å². The molecule has 0 aromatic heterocycles. The molecule has 1 aliphatic heterocycles. The van der Waals surface area contributed by atoms with Crippen LogP contribution in [0.25, 0.3) is 0 Å². The van der Waals surface area contributed by atoms with E-state index in [9.17, 15) is 9.59 Å². The van der Waals surface area contributed by atoms with Crippen molar-refractivity contribution < 1.29 is 9.59 Å². The largest absolute Gasteiger partial charge is 0.341 e. The van der Waals surface area contributed by atoms with Gasteiger partial charge in [0.25, 0.3) is 0 Å². The van der Waals surface area contributed by atoms with Gasteiger partial charge in [0.2, 0.25) is 5.91 Å². The molecule has 1 heterocycles. The summed E-state index contributed by atoms with van der Waals surface area (Å²) in [6.07, 6.45) is 0. The molecule has 0 bridgehead atoms. The lowest BCUT2D eigenvalue weighted by atomic mass is 10.2. The minimum Gasteiger partial charge on any atom is -0.341 e. The number of nitrogens with zero attached hydrogens (tertiary/aromatic N) is 2. The molecule has 1 unspecified atom stereocenters. The zero-order valence-corrected chi connectivity index (χ0v) is 8.41. The van der Waals surface area contributed by atoms with Gasteiger partial charge in [-0.25, -0.2) is 0 Å². The van der Waals surface area contributed by atoms with Crippen molar-refractivity contribution >= 4 is 11.7 Å². The van der Waals surface area contributed by atoms with Crippen LogP contribution >= 0.6 is 0 Å². The van der Waals surface area contributed by atoms with Crippen LogP contribution in [0.3, 0.4) is 0 Å². The average molecular weight is 184 g/mol. The van der Waals surface area contributed by atoms with E-state index in [0.717, 1.165) is 6.54 Å². The van der Waals surface area contributed by atoms with Crippen LogP contribution in [0.15, 0.2) is 0 Å². The fourth-order valence-electron chi connectivity index (χ4n) is 1.54. The number of carbonyl (C=O) groups is 2. The van der Waals surface area contributed by atoms with Gasteiger partial charge in [-0.05, 0) is 13.8 Å². The van der Waals surface area contributed by atoms with E-state index in [0.29, 0.717) is 13.1 Å². The number of carbonyl (C=O) groups excluding carboxylic acids is 2. The Balaban J connectivity index is 2.53. The van der Waals surface area contributed by atoms with Crippen molar-refractivity contribution in [3.63, 3.8) is 0 Å². The topological polar surface area (TPSA) is 40.6 Å². The summed E-state index contributed by atoms with van der Waals surface area (Å²) in [5.41, 5.74) is 0. The first kappa shape index (κ1) is 10.2. The summed E-state index contributed by atoms with van der Waals surface area (Å²) >= 11 is 0. The van der Waals surface area contributed by atoms with Crippen molar-refractivity contribution in [2.24, 2.45) is 0 Å². The molecule has 74 valence electrons. The predicted molar refractivity (Wildman–Crippen MR) is 49.4 cm³/mol. The summed E-state index contributed by atoms with van der Waals surface area (Å²) in [5.74, 6) is 0.213. The molecule has 0 aromatic carbocycles. The highest BCUT2D eigenvalue weighted by Crippen LogP contribution is 2.07. The SMILES string of the molecule is CC(=O)CN1CC(=O)N(C)C(C)C1. The van der Waals surface area contributed by atoms with Crippen LogP contribution in [0.1, 0.15) is 13.8 Å². The van der Waals surface area contributed by atoms with Crippen LogP contribution < -0.4 is 0 Å². The third kappa shape index (κ3) is 2.52. The van der Waals surface area contributed by atoms with Gasteiger partial charge < -0.3 is 4.90 Å². The molecule has 0 aromatic rings. The number of hydrogen-bond donors (Lipinski definition) is 0. The van der Waals surface area contributed by atoms with Crippen molar-refractivity contribution in [3.05, 3.63) is 0 Å². The summed E-state index contributed by atoms with van der Waals surface area (Å²) in [7, 11) is 1.80. The highest BCUT2D eigenvalue weighted by atomic mass is 16.2. The van der Waals surface area contributed by atoms with Crippen LogP contribution in [0.4, 0.5) is 0 Å². The first-order chi connectivity index (χ1) is 6.00. The summed E-state index contributed by atoms with van der Waals surface area (Å²) in [4.78, 5) is 25.8. The quantitative estimate of drug-likeness (QED) is 0.593. The van der Waals surface area contributed by atoms with Gasteiger partial charge in [0.15, 0.2) is 0 Å². The summed E-state index contributed by atoms with van der Waals surface area (Å²) in [6, 6.07) is 0.209. The van der Waals surface area contributed by atoms with Crippen molar-refractivity contribution in [1.82, 2.24) is 9.80 Å². The van der Waals surface area contributed by atoms with Gasteiger partial charge in [-0.1, -0.05) is 0 Å². The molecule has 1 aliphatic rings. The number of likely N-dealkylation sites (N-methyl/N-ethyl adjacent to an activating group) is 1. The molecular weight excluding hydrogens is 168 g/mol. The maximum Gasteiger partial charge on any atom is 0.236 e. The van der Waals surface area contributed by atoms with E-state index in [4.69, 9.17) is 0 Å². The monoisotopic (exact) mass is 184 g/mol. The molecule has 4 heteroatoms. The molecule has 0 spiro atoms. The van der Waals surface area contributed by atoms with Crippen molar-refractivity contribution in [2.75, 3.05) is 26.7 Å². The number of amides is 1. The van der Waals surface area contributed by atoms with E-state index in [1.54, 1.807) is 18.9 Å². The highest BCUT2D eigenvalue weighted by Gasteiger charge is 2.26. The van der Waals surface area contributed by atoms with Gasteiger partial charge in [-0.3, -0.25) is 14.5 Å². The predicted octanol–water partition coefficient (Wildman–Crippen LogP) is -0.262. The second kappa shape index (κ2) is 3.87. The van der Waals surface area contributed by atoms with Crippen LogP contribution in [0, 0.1) is 0 Å². The molecule has 1 rings (SSSR count). The fraction of sp³-hybridized carbons (Fsp3) is 0.778. The Morgan fingerprint density at radius 3 is 2.69 bits per heavy atom. The van der Waals surface area contributed by atoms with E-state index in [1.165, 1.54) is 0 Å². The van der Waals surface area contributed by atoms with Crippen LogP contribution in [-0.4, -0.2) is 54.2 Å². The lowest BCUT2D eigenvalue weighted by molar-refractivity contribution is -0.138. The summed E-state index contributed by atoms with van der Waals surface area (Å²) in [6.45, 7) is 5.10. The normalized spacial score (nSPS) is 25.0. The summed E-state index contributed by atoms with van der Waals surface area (Å²) in [5, 5.41) is 0. The molecule has 0 radical (unpaired) electrons. The van der Waals surface area contributed by atoms with Gasteiger partial charge in [-0.2, -0.15) is 0 Å². The number of piperazine rings is 1. The van der Waals surface area contributed by atoms with E-state index in [-0.39, 0.29) is 17.7 Å². The molecule has 0 N–H and O–H groups in total. The standard InChI is InChI=1S/C9H16N2O2/c1-7-4-11(5-8(2)12)6-9(13)10(7)3/h7H,4-6H2,1-3H3. The van der Waals surface area contributed by atoms with Crippen LogP contribution in [0.5, 0.6) is 0 Å². The molecule has 0 saturated carbocycles. The number of hydrogen-bond acceptors (Lipinski definition) is 3. The van der Waals surface area contributed by atoms with Gasteiger partial charge in [0, 0.05) is 19.6 Å². The maximum absolute atomic E-state index is 11.4. The third-order valence-electron chi connectivity index (χ3n) is 2.38. The molecule has 0 aliphatic carbocycles. The van der Waals surface area contributed by atoms with Gasteiger partial charge in [0.05, 0.1) is 13.1 Å². The Kier molecular flexibility index (Phi) is 3.03. The molecule has 1 saturated heterocycles. The highest BCUT2D eigenvalue weighted by molar-refractivity contribution is 5.81. The van der Waals surface area contributed by atoms with Gasteiger partial charge >= 0.3 is 0 Å². The van der Waals surface area contributed by atoms with Crippen molar-refractivity contribution in [3.8, 4) is 0 Å². The molecular formula is C9H16N2O2. The number of rotatable bonds is 2. The van der Waals surface area contributed by atoms with Crippen molar-refractivity contribution in [2.45, 2.75) is 19.9 Å². The first-order valence-corrected chi connectivity index (χ1v) is 4.48. The van der Waals surface area contributed by atoms with Crippen LogP contribution in [0.2, 0.25) is 0 Å². The Morgan fingerprint density at radius 2 is 2.23 bits per heavy atom. The lowest BCUT2D eigenvalue weighted by Crippen LogP contribution is -2.54. The Hall–Kier alpha value is -0.900. The smallest absolute Gasteiger partial charge is 0.236 e. The summed E-state index contributed by atoms with van der Waals surface area (Å²) < 4.78 is 0. The van der Waals surface area contributed by atoms with Gasteiger partial charge in [-0.15, -0.1) is 0 Å². The van der Waals surface area contributed by atoms with E-state index in [2.05, 4.69) is 0 Å². The molecule has 4 nitrogen and oxygen atoms in total. The van der Waals surface area contributed by atoms with E-state index < -0.39 is 0 Å². The Morgan fingerprint density at radius 1 is 1.62 bits per heavy atom. The zero-order valence-electron chi connectivity index (χ0n) is 8.41. The average Bonchev–Trinajstić information content (AvgIpc) is 1.98. The Labute approximate surface area is 78.5 Å². The first-order valence-electron chi connectivity index (χ1n) is 4.48. The van der Waals surface area contributed by atoms with E-state index >= 15 is 0 Å². The minimum atomic E-state index is 0.0972. The van der Waals surface area contributed by atoms with Crippen molar-refractivity contribution in [1.29, 1.82) is 0 Å². The number of Topliss-reactive ketones (excluding diaryl/α,β-unsaturated/α-hetero) is 1. The third-order valence-corrected chi connectivity index (χ3v) is 2.38. The molecule has 1 fully saturated rings. The van der Waals surface area contributed by atoms with Gasteiger partial charge in [0.1, 0.15) is 5.78 Å². The molecule has 1 amide bonds. The van der Waals surface area contributed by atoms with E-state index in [1.807, 2.05) is 11.8 Å². The maximum atomic E-state index is 11.4. The number of ketones is 1. The molecule has 1 atom stereocenters. The lowest BCUT2D eigenvalue weighted by Gasteiger charge is -2.36. The fourth-order valence-corrected chi connectivity index (χ4v) is 1.54. The second-order valence-electron chi connectivity index (χ2n) is 3.73. The Bertz CT molecular complexity index is 228. The second-order valence-corrected chi connectivity index (χ2v) is 3.73. The molecule has 13 heavy (non-hydrogen) atoms.